The third-order valence-corrected chi connectivity index (χ3v) is 6.82. The molecule has 5 nitrogen and oxygen atoms in total. The first-order valence-corrected chi connectivity index (χ1v) is 11.6. The van der Waals surface area contributed by atoms with Crippen molar-refractivity contribution < 1.29 is 4.39 Å². The predicted molar refractivity (Wildman–Crippen MR) is 127 cm³/mol. The molecule has 0 fully saturated rings. The van der Waals surface area contributed by atoms with Gasteiger partial charge in [0.05, 0.1) is 23.1 Å². The number of anilines is 1. The highest BCUT2D eigenvalue weighted by Crippen LogP contribution is 2.39. The van der Waals surface area contributed by atoms with E-state index in [1.54, 1.807) is 12.1 Å². The van der Waals surface area contributed by atoms with E-state index in [-0.39, 0.29) is 11.9 Å². The van der Waals surface area contributed by atoms with Crippen LogP contribution in [0, 0.1) is 12.7 Å². The Morgan fingerprint density at radius 3 is 2.84 bits per heavy atom. The largest absolute Gasteiger partial charge is 0.376 e. The molecule has 1 aromatic heterocycles. The summed E-state index contributed by atoms with van der Waals surface area (Å²) in [6.45, 7) is 8.02. The molecule has 7 heteroatoms. The van der Waals surface area contributed by atoms with Gasteiger partial charge < -0.3 is 5.32 Å². The molecular formula is C25H27ClFN5. The quantitative estimate of drug-likeness (QED) is 0.551. The van der Waals surface area contributed by atoms with Crippen molar-refractivity contribution in [3.8, 4) is 11.3 Å². The van der Waals surface area contributed by atoms with Crippen molar-refractivity contribution in [2.75, 3.05) is 25.0 Å². The number of aryl methyl sites for hydroxylation is 2. The Labute approximate surface area is 192 Å². The van der Waals surface area contributed by atoms with Crippen molar-refractivity contribution in [1.29, 1.82) is 0 Å². The third-order valence-electron chi connectivity index (χ3n) is 6.58. The molecule has 32 heavy (non-hydrogen) atoms. The minimum Gasteiger partial charge on any atom is -0.376 e. The maximum Gasteiger partial charge on any atom is 0.146 e. The van der Waals surface area contributed by atoms with Crippen molar-refractivity contribution in [3.63, 3.8) is 0 Å². The summed E-state index contributed by atoms with van der Waals surface area (Å²) in [4.78, 5) is 2.44. The van der Waals surface area contributed by atoms with Crippen LogP contribution in [-0.4, -0.2) is 39.5 Å². The number of benzene rings is 2. The molecule has 0 bridgehead atoms. The van der Waals surface area contributed by atoms with Crippen LogP contribution >= 0.6 is 11.6 Å². The molecular weight excluding hydrogens is 425 g/mol. The first kappa shape index (κ1) is 21.2. The Hall–Kier alpha value is -2.70. The number of hydrogen-bond acceptors (Lipinski definition) is 4. The number of fused-ring (bicyclic) bond motifs is 3. The topological polar surface area (TPSA) is 46.0 Å². The Kier molecular flexibility index (Phi) is 5.74. The average molecular weight is 452 g/mol. The molecule has 0 saturated carbocycles. The zero-order valence-electron chi connectivity index (χ0n) is 18.4. The summed E-state index contributed by atoms with van der Waals surface area (Å²) in [5.74, 6) is -0.304. The second-order valence-corrected chi connectivity index (χ2v) is 8.97. The van der Waals surface area contributed by atoms with Gasteiger partial charge in [-0.25, -0.2) is 9.07 Å². The van der Waals surface area contributed by atoms with E-state index in [9.17, 15) is 4.39 Å². The fraction of sp³-hybridized carbons (Fsp3) is 0.360. The van der Waals surface area contributed by atoms with Crippen LogP contribution in [-0.2, 0) is 6.54 Å². The van der Waals surface area contributed by atoms with Crippen LogP contribution < -0.4 is 5.32 Å². The van der Waals surface area contributed by atoms with E-state index in [1.165, 1.54) is 17.2 Å². The molecule has 0 radical (unpaired) electrons. The highest BCUT2D eigenvalue weighted by Gasteiger charge is 2.26. The van der Waals surface area contributed by atoms with E-state index >= 15 is 0 Å². The molecule has 0 saturated heterocycles. The smallest absolute Gasteiger partial charge is 0.146 e. The number of nitrogens with one attached hydrogen (secondary N) is 1. The summed E-state index contributed by atoms with van der Waals surface area (Å²) in [5, 5.41) is 12.6. The molecule has 1 unspecified atom stereocenters. The lowest BCUT2D eigenvalue weighted by atomic mass is 9.90. The van der Waals surface area contributed by atoms with Gasteiger partial charge in [0.15, 0.2) is 0 Å². The van der Waals surface area contributed by atoms with E-state index in [2.05, 4.69) is 51.7 Å². The van der Waals surface area contributed by atoms with E-state index in [1.807, 2.05) is 11.6 Å². The molecule has 1 atom stereocenters. The molecule has 0 aliphatic carbocycles. The lowest BCUT2D eigenvalue weighted by molar-refractivity contribution is 0.319. The highest BCUT2D eigenvalue weighted by molar-refractivity contribution is 6.30. The van der Waals surface area contributed by atoms with Crippen molar-refractivity contribution in [1.82, 2.24) is 19.9 Å². The predicted octanol–water partition coefficient (Wildman–Crippen LogP) is 5.71. The van der Waals surface area contributed by atoms with Gasteiger partial charge >= 0.3 is 0 Å². The molecule has 166 valence electrons. The van der Waals surface area contributed by atoms with Crippen LogP contribution in [0.5, 0.6) is 0 Å². The van der Waals surface area contributed by atoms with Gasteiger partial charge in [-0.15, -0.1) is 5.10 Å². The molecule has 2 aliphatic rings. The van der Waals surface area contributed by atoms with Gasteiger partial charge in [0, 0.05) is 30.2 Å². The molecule has 0 spiro atoms. The Bertz CT molecular complexity index is 1190. The van der Waals surface area contributed by atoms with Gasteiger partial charge in [0.2, 0.25) is 0 Å². The lowest BCUT2D eigenvalue weighted by Crippen LogP contribution is -2.28. The van der Waals surface area contributed by atoms with Crippen LogP contribution in [0.4, 0.5) is 10.1 Å². The number of aromatic nitrogens is 3. The summed E-state index contributed by atoms with van der Waals surface area (Å²) in [7, 11) is 0. The van der Waals surface area contributed by atoms with E-state index < -0.39 is 0 Å². The van der Waals surface area contributed by atoms with E-state index in [4.69, 9.17) is 11.6 Å². The highest BCUT2D eigenvalue weighted by atomic mass is 35.5. The van der Waals surface area contributed by atoms with Crippen LogP contribution in [0.2, 0.25) is 5.02 Å². The minimum atomic E-state index is -0.304. The van der Waals surface area contributed by atoms with E-state index in [0.29, 0.717) is 17.3 Å². The number of nitrogens with zero attached hydrogens (tertiary/aromatic N) is 4. The lowest BCUT2D eigenvalue weighted by Gasteiger charge is -2.26. The number of halogens is 2. The first-order chi connectivity index (χ1) is 15.5. The first-order valence-electron chi connectivity index (χ1n) is 11.2. The maximum atomic E-state index is 14.5. The van der Waals surface area contributed by atoms with Gasteiger partial charge in [-0.1, -0.05) is 41.9 Å². The van der Waals surface area contributed by atoms with Crippen molar-refractivity contribution in [3.05, 3.63) is 70.1 Å². The van der Waals surface area contributed by atoms with Gasteiger partial charge in [0.25, 0.3) is 0 Å². The third kappa shape index (κ3) is 3.93. The van der Waals surface area contributed by atoms with Gasteiger partial charge in [0.1, 0.15) is 5.82 Å². The average Bonchev–Trinajstić information content (AvgIpc) is 3.10. The summed E-state index contributed by atoms with van der Waals surface area (Å²) < 4.78 is 16.5. The van der Waals surface area contributed by atoms with Crippen LogP contribution in [0.25, 0.3) is 16.8 Å². The molecule has 2 aromatic carbocycles. The maximum absolute atomic E-state index is 14.5. The standard InChI is InChI=1S/C25H27ClFN5/c1-3-31-11-8-17(9-12-31)18-4-6-20-21(14-18)23(10-13-32-25(20)16(2)29-30-32)28-24-15-19(26)5-7-22(24)27/h4-8,14-15,23,28H,3,9-13H2,1-2H3. The monoisotopic (exact) mass is 451 g/mol. The van der Waals surface area contributed by atoms with Gasteiger partial charge in [-0.3, -0.25) is 4.90 Å². The van der Waals surface area contributed by atoms with Crippen LogP contribution in [0.3, 0.4) is 0 Å². The van der Waals surface area contributed by atoms with Gasteiger partial charge in [-0.05, 0) is 67.3 Å². The van der Waals surface area contributed by atoms with Crippen molar-refractivity contribution >= 4 is 22.9 Å². The number of rotatable bonds is 4. The second-order valence-electron chi connectivity index (χ2n) is 8.53. The van der Waals surface area contributed by atoms with Gasteiger partial charge in [-0.2, -0.15) is 0 Å². The molecule has 2 aliphatic heterocycles. The summed E-state index contributed by atoms with van der Waals surface area (Å²) >= 11 is 6.15. The van der Waals surface area contributed by atoms with Crippen LogP contribution in [0.1, 0.15) is 42.6 Å². The fourth-order valence-corrected chi connectivity index (χ4v) is 4.94. The summed E-state index contributed by atoms with van der Waals surface area (Å²) in [6.07, 6.45) is 4.13. The molecule has 3 heterocycles. The Morgan fingerprint density at radius 1 is 1.19 bits per heavy atom. The fourth-order valence-electron chi connectivity index (χ4n) is 4.77. The Morgan fingerprint density at radius 2 is 2.06 bits per heavy atom. The molecule has 0 amide bonds. The van der Waals surface area contributed by atoms with E-state index in [0.717, 1.165) is 55.0 Å². The summed E-state index contributed by atoms with van der Waals surface area (Å²) in [6, 6.07) is 11.2. The second kappa shape index (κ2) is 8.68. The van der Waals surface area contributed by atoms with Crippen molar-refractivity contribution in [2.24, 2.45) is 0 Å². The minimum absolute atomic E-state index is 0.0738. The normalized spacial score (nSPS) is 18.5. The zero-order chi connectivity index (χ0) is 22.2. The molecule has 5 rings (SSSR count). The van der Waals surface area contributed by atoms with Crippen molar-refractivity contribution in [2.45, 2.75) is 39.3 Å². The molecule has 3 aromatic rings. The van der Waals surface area contributed by atoms with Crippen LogP contribution in [0.15, 0.2) is 42.5 Å². The SMILES string of the molecule is CCN1CC=C(c2ccc3c(c2)C(Nc2cc(Cl)ccc2F)CCn2nnc(C)c2-3)CC1. The zero-order valence-corrected chi connectivity index (χ0v) is 19.2. The molecule has 1 N–H and O–H groups in total. The number of likely N-dealkylation sites (N-methyl/N-ethyl adjacent to an activating group) is 1. The summed E-state index contributed by atoms with van der Waals surface area (Å²) in [5.41, 5.74) is 7.21. The number of hydrogen-bond donors (Lipinski definition) is 1. The Balaban J connectivity index is 1.58.